The lowest BCUT2D eigenvalue weighted by atomic mass is 9.94. The van der Waals surface area contributed by atoms with Gasteiger partial charge in [0.05, 0.1) is 20.6 Å². The number of aromatic nitrogens is 1. The van der Waals surface area contributed by atoms with E-state index in [4.69, 9.17) is 9.15 Å². The van der Waals surface area contributed by atoms with Crippen LogP contribution in [0.3, 0.4) is 0 Å². The quantitative estimate of drug-likeness (QED) is 0.741. The van der Waals surface area contributed by atoms with E-state index in [-0.39, 0.29) is 24.2 Å². The summed E-state index contributed by atoms with van der Waals surface area (Å²) in [5.41, 5.74) is 1.47. The molecule has 1 atom stereocenters. The van der Waals surface area contributed by atoms with Crippen LogP contribution in [-0.2, 0) is 14.3 Å². The van der Waals surface area contributed by atoms with Crippen LogP contribution in [0.4, 0.5) is 6.01 Å². The molecule has 0 bridgehead atoms. The molecule has 146 valence electrons. The van der Waals surface area contributed by atoms with Crippen molar-refractivity contribution >= 4 is 29.0 Å². The normalized spacial score (nSPS) is 17.0. The standard InChI is InChI=1S/C19H25N3O5/c1-25-14-5-6-16-15(11-14)21-19(27-16)22-9-3-4-13(12-22)10-17(23)20-8-7-18(24)26-2/h5-6,11,13H,3-4,7-10,12H2,1-2H3,(H,20,23). The number of ether oxygens (including phenoxy) is 2. The van der Waals surface area contributed by atoms with Gasteiger partial charge >= 0.3 is 5.97 Å². The average Bonchev–Trinajstić information content (AvgIpc) is 3.11. The first-order valence-corrected chi connectivity index (χ1v) is 9.12. The lowest BCUT2D eigenvalue weighted by Crippen LogP contribution is -2.38. The smallest absolute Gasteiger partial charge is 0.307 e. The Morgan fingerprint density at radius 3 is 3.00 bits per heavy atom. The molecule has 1 fully saturated rings. The molecule has 2 heterocycles. The summed E-state index contributed by atoms with van der Waals surface area (Å²) in [5, 5.41) is 2.77. The highest BCUT2D eigenvalue weighted by molar-refractivity contribution is 5.78. The van der Waals surface area contributed by atoms with Gasteiger partial charge in [-0.3, -0.25) is 9.59 Å². The van der Waals surface area contributed by atoms with Crippen LogP contribution in [0.15, 0.2) is 22.6 Å². The van der Waals surface area contributed by atoms with E-state index in [1.807, 2.05) is 18.2 Å². The van der Waals surface area contributed by atoms with Crippen molar-refractivity contribution in [1.29, 1.82) is 0 Å². The van der Waals surface area contributed by atoms with Gasteiger partial charge in [-0.2, -0.15) is 4.98 Å². The highest BCUT2D eigenvalue weighted by Gasteiger charge is 2.25. The molecule has 1 aliphatic heterocycles. The number of methoxy groups -OCH3 is 2. The molecule has 1 aromatic carbocycles. The van der Waals surface area contributed by atoms with Gasteiger partial charge in [-0.25, -0.2) is 0 Å². The fourth-order valence-corrected chi connectivity index (χ4v) is 3.30. The molecule has 8 heteroatoms. The Balaban J connectivity index is 1.56. The van der Waals surface area contributed by atoms with Gasteiger partial charge in [0.2, 0.25) is 5.91 Å². The van der Waals surface area contributed by atoms with Gasteiger partial charge in [-0.05, 0) is 30.9 Å². The predicted octanol–water partition coefficient (Wildman–Crippen LogP) is 2.12. The van der Waals surface area contributed by atoms with Gasteiger partial charge in [0, 0.05) is 32.1 Å². The Kier molecular flexibility index (Phi) is 6.16. The molecular formula is C19H25N3O5. The van der Waals surface area contributed by atoms with E-state index in [1.165, 1.54) is 7.11 Å². The van der Waals surface area contributed by atoms with Crippen molar-refractivity contribution in [3.8, 4) is 5.75 Å². The van der Waals surface area contributed by atoms with Crippen LogP contribution in [0.2, 0.25) is 0 Å². The lowest BCUT2D eigenvalue weighted by Gasteiger charge is -2.31. The number of rotatable bonds is 7. The minimum atomic E-state index is -0.327. The second-order valence-corrected chi connectivity index (χ2v) is 6.66. The third-order valence-electron chi connectivity index (χ3n) is 4.73. The maximum Gasteiger partial charge on any atom is 0.307 e. The third kappa shape index (κ3) is 4.90. The first-order valence-electron chi connectivity index (χ1n) is 9.12. The zero-order valence-electron chi connectivity index (χ0n) is 15.7. The summed E-state index contributed by atoms with van der Waals surface area (Å²) < 4.78 is 15.7. The number of oxazole rings is 1. The highest BCUT2D eigenvalue weighted by atomic mass is 16.5. The number of carbonyl (C=O) groups is 2. The molecule has 0 radical (unpaired) electrons. The fraction of sp³-hybridized carbons (Fsp3) is 0.526. The number of benzene rings is 1. The Hall–Kier alpha value is -2.77. The van der Waals surface area contributed by atoms with Gasteiger partial charge < -0.3 is 24.1 Å². The van der Waals surface area contributed by atoms with E-state index in [0.29, 0.717) is 31.1 Å². The van der Waals surface area contributed by atoms with E-state index in [9.17, 15) is 9.59 Å². The number of piperidine rings is 1. The minimum absolute atomic E-state index is 0.0481. The van der Waals surface area contributed by atoms with Crippen LogP contribution in [-0.4, -0.2) is 50.7 Å². The maximum absolute atomic E-state index is 12.1. The third-order valence-corrected chi connectivity index (χ3v) is 4.73. The molecule has 1 N–H and O–H groups in total. The lowest BCUT2D eigenvalue weighted by molar-refractivity contribution is -0.140. The molecule has 0 saturated carbocycles. The zero-order chi connectivity index (χ0) is 19.2. The second-order valence-electron chi connectivity index (χ2n) is 6.66. The Labute approximate surface area is 157 Å². The van der Waals surface area contributed by atoms with Crippen molar-refractivity contribution in [2.45, 2.75) is 25.7 Å². The molecule has 1 aromatic heterocycles. The summed E-state index contributed by atoms with van der Waals surface area (Å²) in [5.74, 6) is 0.587. The van der Waals surface area contributed by atoms with Crippen LogP contribution in [0.25, 0.3) is 11.1 Å². The van der Waals surface area contributed by atoms with Gasteiger partial charge in [0.1, 0.15) is 11.3 Å². The Bertz CT molecular complexity index is 804. The fourth-order valence-electron chi connectivity index (χ4n) is 3.30. The van der Waals surface area contributed by atoms with E-state index in [2.05, 4.69) is 19.9 Å². The SMILES string of the molecule is COC(=O)CCNC(=O)CC1CCCN(c2nc3cc(OC)ccc3o2)C1. The van der Waals surface area contributed by atoms with Crippen molar-refractivity contribution in [2.24, 2.45) is 5.92 Å². The molecule has 2 aromatic rings. The molecule has 0 aliphatic carbocycles. The molecule has 27 heavy (non-hydrogen) atoms. The molecule has 1 unspecified atom stereocenters. The topological polar surface area (TPSA) is 93.9 Å². The number of anilines is 1. The summed E-state index contributed by atoms with van der Waals surface area (Å²) in [4.78, 5) is 29.8. The second kappa shape index (κ2) is 8.75. The number of nitrogens with one attached hydrogen (secondary N) is 1. The summed E-state index contributed by atoms with van der Waals surface area (Å²) in [7, 11) is 2.95. The van der Waals surface area contributed by atoms with Gasteiger partial charge in [-0.15, -0.1) is 0 Å². The molecule has 1 saturated heterocycles. The van der Waals surface area contributed by atoms with Gasteiger partial charge in [-0.1, -0.05) is 0 Å². The van der Waals surface area contributed by atoms with E-state index < -0.39 is 0 Å². The van der Waals surface area contributed by atoms with E-state index in [0.717, 1.165) is 30.7 Å². The zero-order valence-corrected chi connectivity index (χ0v) is 15.7. The summed E-state index contributed by atoms with van der Waals surface area (Å²) in [6.45, 7) is 1.87. The number of hydrogen-bond acceptors (Lipinski definition) is 7. The monoisotopic (exact) mass is 375 g/mol. The number of nitrogens with zero attached hydrogens (tertiary/aromatic N) is 2. The summed E-state index contributed by atoms with van der Waals surface area (Å²) in [6, 6.07) is 6.11. The van der Waals surface area contributed by atoms with Crippen molar-refractivity contribution < 1.29 is 23.5 Å². The van der Waals surface area contributed by atoms with Crippen LogP contribution in [0, 0.1) is 5.92 Å². The molecule has 1 aliphatic rings. The first kappa shape index (κ1) is 19.0. The maximum atomic E-state index is 12.1. The average molecular weight is 375 g/mol. The minimum Gasteiger partial charge on any atom is -0.497 e. The van der Waals surface area contributed by atoms with E-state index in [1.54, 1.807) is 7.11 Å². The Morgan fingerprint density at radius 2 is 2.22 bits per heavy atom. The molecule has 8 nitrogen and oxygen atoms in total. The van der Waals surface area contributed by atoms with Crippen molar-refractivity contribution in [2.75, 3.05) is 38.8 Å². The first-order chi connectivity index (χ1) is 13.1. The number of amides is 1. The van der Waals surface area contributed by atoms with Crippen molar-refractivity contribution in [3.63, 3.8) is 0 Å². The summed E-state index contributed by atoms with van der Waals surface area (Å²) in [6.07, 6.45) is 2.56. The summed E-state index contributed by atoms with van der Waals surface area (Å²) >= 11 is 0. The highest BCUT2D eigenvalue weighted by Crippen LogP contribution is 2.29. The molecule has 0 spiro atoms. The van der Waals surface area contributed by atoms with Gasteiger partial charge in [0.15, 0.2) is 5.58 Å². The predicted molar refractivity (Wildman–Crippen MR) is 99.8 cm³/mol. The molecule has 3 rings (SSSR count). The number of hydrogen-bond donors (Lipinski definition) is 1. The molecule has 1 amide bonds. The van der Waals surface area contributed by atoms with Gasteiger partial charge in [0.25, 0.3) is 6.01 Å². The van der Waals surface area contributed by atoms with Crippen LogP contribution < -0.4 is 15.0 Å². The van der Waals surface area contributed by atoms with Crippen LogP contribution >= 0.6 is 0 Å². The van der Waals surface area contributed by atoms with E-state index >= 15 is 0 Å². The van der Waals surface area contributed by atoms with Crippen LogP contribution in [0.1, 0.15) is 25.7 Å². The van der Waals surface area contributed by atoms with Crippen LogP contribution in [0.5, 0.6) is 5.75 Å². The van der Waals surface area contributed by atoms with Crippen molar-refractivity contribution in [3.05, 3.63) is 18.2 Å². The number of carbonyl (C=O) groups excluding carboxylic acids is 2. The Morgan fingerprint density at radius 1 is 1.37 bits per heavy atom. The molecular weight excluding hydrogens is 350 g/mol. The number of esters is 1. The largest absolute Gasteiger partial charge is 0.497 e. The van der Waals surface area contributed by atoms with Crippen molar-refractivity contribution in [1.82, 2.24) is 10.3 Å². The number of fused-ring (bicyclic) bond motifs is 1.